The second kappa shape index (κ2) is 6.62. The smallest absolute Gasteiger partial charge is 0.323 e. The van der Waals surface area contributed by atoms with Crippen LogP contribution in [-0.2, 0) is 17.1 Å². The van der Waals surface area contributed by atoms with Gasteiger partial charge in [-0.05, 0) is 47.5 Å². The molecule has 2 aromatic rings. The summed E-state index contributed by atoms with van der Waals surface area (Å²) in [7, 11) is 0. The molecule has 0 aliphatic heterocycles. The third kappa shape index (κ3) is 4.62. The lowest BCUT2D eigenvalue weighted by molar-refractivity contribution is -0.143. The Balaban J connectivity index is 2.47. The minimum absolute atomic E-state index is 0.0716. The van der Waals surface area contributed by atoms with Crippen LogP contribution >= 0.6 is 0 Å². The van der Waals surface area contributed by atoms with E-state index in [4.69, 9.17) is 0 Å². The molecular weight excluding hydrogens is 348 g/mol. The molecule has 1 amide bonds. The molecule has 25 heavy (non-hydrogen) atoms. The van der Waals surface area contributed by atoms with Gasteiger partial charge in [-0.1, -0.05) is 18.7 Å². The van der Waals surface area contributed by atoms with Crippen LogP contribution in [0.1, 0.15) is 11.1 Å². The van der Waals surface area contributed by atoms with Crippen molar-refractivity contribution in [2.75, 3.05) is 5.32 Å². The molecule has 0 aliphatic rings. The van der Waals surface area contributed by atoms with Crippen LogP contribution in [-0.4, -0.2) is 5.91 Å². The fourth-order valence-electron chi connectivity index (χ4n) is 2.06. The van der Waals surface area contributed by atoms with Crippen LogP contribution in [0.15, 0.2) is 55.1 Å². The summed E-state index contributed by atoms with van der Waals surface area (Å²) < 4.78 is 77.2. The van der Waals surface area contributed by atoms with E-state index in [1.54, 1.807) is 0 Å². The average Bonchev–Trinajstić information content (AvgIpc) is 2.53. The number of hydrogen-bond acceptors (Lipinski definition) is 1. The molecule has 0 aliphatic carbocycles. The Morgan fingerprint density at radius 2 is 1.32 bits per heavy atom. The quantitative estimate of drug-likeness (QED) is 0.568. The van der Waals surface area contributed by atoms with Crippen molar-refractivity contribution in [2.45, 2.75) is 12.4 Å². The Kier molecular flexibility index (Phi) is 4.92. The second-order valence-corrected chi connectivity index (χ2v) is 5.07. The standard InChI is InChI=1S/C17H11F6NO/c1-2-15(25)24-14-5-3-10(4-6-14)11-7-12(16(18,19)20)9-13(8-11)17(21,22)23/h2-9H,1H2,(H,24,25). The first-order valence-corrected chi connectivity index (χ1v) is 6.84. The zero-order valence-electron chi connectivity index (χ0n) is 12.5. The number of anilines is 1. The Bertz CT molecular complexity index is 758. The molecule has 132 valence electrons. The highest BCUT2D eigenvalue weighted by atomic mass is 19.4. The van der Waals surface area contributed by atoms with Crippen LogP contribution in [0.3, 0.4) is 0 Å². The molecule has 0 heterocycles. The van der Waals surface area contributed by atoms with Gasteiger partial charge in [-0.2, -0.15) is 26.3 Å². The van der Waals surface area contributed by atoms with Crippen molar-refractivity contribution in [1.29, 1.82) is 0 Å². The van der Waals surface area contributed by atoms with E-state index in [0.717, 1.165) is 6.08 Å². The normalized spacial score (nSPS) is 11.9. The molecule has 2 aromatic carbocycles. The first-order valence-electron chi connectivity index (χ1n) is 6.84. The van der Waals surface area contributed by atoms with Crippen LogP contribution in [0.25, 0.3) is 11.1 Å². The van der Waals surface area contributed by atoms with Crippen molar-refractivity contribution in [3.05, 3.63) is 66.2 Å². The highest BCUT2D eigenvalue weighted by molar-refractivity contribution is 5.98. The van der Waals surface area contributed by atoms with E-state index in [2.05, 4.69) is 11.9 Å². The summed E-state index contributed by atoms with van der Waals surface area (Å²) in [5, 5.41) is 2.42. The van der Waals surface area contributed by atoms with Crippen molar-refractivity contribution in [2.24, 2.45) is 0 Å². The number of halogens is 6. The van der Waals surface area contributed by atoms with E-state index < -0.39 is 29.4 Å². The molecule has 1 N–H and O–H groups in total. The molecule has 0 radical (unpaired) electrons. The predicted octanol–water partition coefficient (Wildman–Crippen LogP) is 5.52. The third-order valence-corrected chi connectivity index (χ3v) is 3.26. The number of amides is 1. The summed E-state index contributed by atoms with van der Waals surface area (Å²) in [5.41, 5.74) is -2.53. The van der Waals surface area contributed by atoms with Gasteiger partial charge < -0.3 is 5.32 Å². The number of carbonyl (C=O) groups excluding carboxylic acids is 1. The lowest BCUT2D eigenvalue weighted by Crippen LogP contribution is -2.11. The SMILES string of the molecule is C=CC(=O)Nc1ccc(-c2cc(C(F)(F)F)cc(C(F)(F)F)c2)cc1. The van der Waals surface area contributed by atoms with Gasteiger partial charge in [0.1, 0.15) is 0 Å². The summed E-state index contributed by atoms with van der Waals surface area (Å²) in [4.78, 5) is 11.2. The van der Waals surface area contributed by atoms with Crippen molar-refractivity contribution >= 4 is 11.6 Å². The van der Waals surface area contributed by atoms with Gasteiger partial charge in [0.15, 0.2) is 0 Å². The van der Waals surface area contributed by atoms with Gasteiger partial charge in [-0.25, -0.2) is 0 Å². The molecule has 0 atom stereocenters. The van der Waals surface area contributed by atoms with Gasteiger partial charge in [0.2, 0.25) is 5.91 Å². The lowest BCUT2D eigenvalue weighted by atomic mass is 9.99. The maximum Gasteiger partial charge on any atom is 0.416 e. The molecule has 0 bridgehead atoms. The maximum absolute atomic E-state index is 12.9. The molecule has 0 saturated carbocycles. The minimum Gasteiger partial charge on any atom is -0.323 e. The summed E-state index contributed by atoms with van der Waals surface area (Å²) >= 11 is 0. The first kappa shape index (κ1) is 18.6. The molecule has 2 rings (SSSR count). The summed E-state index contributed by atoms with van der Waals surface area (Å²) in [6, 6.07) is 6.72. The third-order valence-electron chi connectivity index (χ3n) is 3.26. The molecule has 0 unspecified atom stereocenters. The van der Waals surface area contributed by atoms with Crippen molar-refractivity contribution < 1.29 is 31.1 Å². The monoisotopic (exact) mass is 359 g/mol. The highest BCUT2D eigenvalue weighted by Crippen LogP contribution is 2.38. The Hall–Kier alpha value is -2.77. The molecule has 0 aromatic heterocycles. The Morgan fingerprint density at radius 1 is 0.840 bits per heavy atom. The lowest BCUT2D eigenvalue weighted by Gasteiger charge is -2.14. The summed E-state index contributed by atoms with van der Waals surface area (Å²) in [5.74, 6) is -0.494. The van der Waals surface area contributed by atoms with E-state index >= 15 is 0 Å². The average molecular weight is 359 g/mol. The maximum atomic E-state index is 12.9. The molecular formula is C17H11F6NO. The van der Waals surface area contributed by atoms with Gasteiger partial charge in [0.05, 0.1) is 11.1 Å². The number of benzene rings is 2. The van der Waals surface area contributed by atoms with Crippen LogP contribution in [0, 0.1) is 0 Å². The van der Waals surface area contributed by atoms with E-state index in [1.165, 1.54) is 24.3 Å². The molecule has 0 saturated heterocycles. The number of hydrogen-bond donors (Lipinski definition) is 1. The number of nitrogens with one attached hydrogen (secondary N) is 1. The van der Waals surface area contributed by atoms with Gasteiger partial charge in [-0.3, -0.25) is 4.79 Å². The first-order chi connectivity index (χ1) is 11.5. The van der Waals surface area contributed by atoms with Gasteiger partial charge in [-0.15, -0.1) is 0 Å². The predicted molar refractivity (Wildman–Crippen MR) is 80.7 cm³/mol. The van der Waals surface area contributed by atoms with Gasteiger partial charge in [0, 0.05) is 5.69 Å². The van der Waals surface area contributed by atoms with Crippen LogP contribution in [0.2, 0.25) is 0 Å². The van der Waals surface area contributed by atoms with Crippen molar-refractivity contribution in [3.8, 4) is 11.1 Å². The van der Waals surface area contributed by atoms with Crippen molar-refractivity contribution in [3.63, 3.8) is 0 Å². The number of carbonyl (C=O) groups is 1. The van der Waals surface area contributed by atoms with Gasteiger partial charge in [0.25, 0.3) is 0 Å². The van der Waals surface area contributed by atoms with Gasteiger partial charge >= 0.3 is 12.4 Å². The van der Waals surface area contributed by atoms with Crippen molar-refractivity contribution in [1.82, 2.24) is 0 Å². The zero-order chi connectivity index (χ0) is 18.8. The molecule has 0 spiro atoms. The number of alkyl halides is 6. The van der Waals surface area contributed by atoms with Crippen LogP contribution in [0.4, 0.5) is 32.0 Å². The number of rotatable bonds is 3. The van der Waals surface area contributed by atoms with E-state index in [1.807, 2.05) is 0 Å². The second-order valence-electron chi connectivity index (χ2n) is 5.07. The summed E-state index contributed by atoms with van der Waals surface area (Å²) in [6.45, 7) is 3.26. The zero-order valence-corrected chi connectivity index (χ0v) is 12.5. The highest BCUT2D eigenvalue weighted by Gasteiger charge is 2.36. The fraction of sp³-hybridized carbons (Fsp3) is 0.118. The Morgan fingerprint density at radius 3 is 1.72 bits per heavy atom. The van der Waals surface area contributed by atoms with Crippen LogP contribution in [0.5, 0.6) is 0 Å². The molecule has 2 nitrogen and oxygen atoms in total. The van der Waals surface area contributed by atoms with Crippen LogP contribution < -0.4 is 5.32 Å². The minimum atomic E-state index is -4.91. The fourth-order valence-corrected chi connectivity index (χ4v) is 2.06. The van der Waals surface area contributed by atoms with E-state index in [-0.39, 0.29) is 17.2 Å². The van der Waals surface area contributed by atoms with E-state index in [0.29, 0.717) is 17.8 Å². The molecule has 0 fully saturated rings. The molecule has 8 heteroatoms. The Labute approximate surface area is 138 Å². The summed E-state index contributed by atoms with van der Waals surface area (Å²) in [6.07, 6.45) is -8.79. The largest absolute Gasteiger partial charge is 0.416 e. The van der Waals surface area contributed by atoms with E-state index in [9.17, 15) is 31.1 Å². The topological polar surface area (TPSA) is 29.1 Å².